The van der Waals surface area contributed by atoms with Gasteiger partial charge in [-0.05, 0) is 36.8 Å². The summed E-state index contributed by atoms with van der Waals surface area (Å²) >= 11 is 0. The second-order valence-corrected chi connectivity index (χ2v) is 5.92. The number of nitro benzene ring substituents is 1. The van der Waals surface area contributed by atoms with Crippen LogP contribution in [0.1, 0.15) is 19.3 Å². The SMILES string of the molecule is Nc1cc(N2CC3CCCC(N)C3C2)ccc1[N+](=O)[O-]. The Balaban J connectivity index is 1.81. The molecule has 0 spiro atoms. The van der Waals surface area contributed by atoms with Crippen molar-refractivity contribution in [2.75, 3.05) is 23.7 Å². The third-order valence-corrected chi connectivity index (χ3v) is 4.73. The highest BCUT2D eigenvalue weighted by molar-refractivity contribution is 5.67. The number of nitrogens with two attached hydrogens (primary N) is 2. The van der Waals surface area contributed by atoms with Crippen LogP contribution < -0.4 is 16.4 Å². The lowest BCUT2D eigenvalue weighted by atomic mass is 9.78. The van der Waals surface area contributed by atoms with Crippen molar-refractivity contribution < 1.29 is 4.92 Å². The maximum absolute atomic E-state index is 10.8. The fourth-order valence-corrected chi connectivity index (χ4v) is 3.63. The van der Waals surface area contributed by atoms with E-state index in [0.29, 0.717) is 11.8 Å². The van der Waals surface area contributed by atoms with Crippen LogP contribution in [0.4, 0.5) is 17.1 Å². The van der Waals surface area contributed by atoms with Crippen LogP contribution in [0.2, 0.25) is 0 Å². The molecule has 0 radical (unpaired) electrons. The van der Waals surface area contributed by atoms with Crippen LogP contribution in [0.15, 0.2) is 18.2 Å². The highest BCUT2D eigenvalue weighted by Crippen LogP contribution is 2.38. The molecule has 1 heterocycles. The normalized spacial score (nSPS) is 29.2. The predicted molar refractivity (Wildman–Crippen MR) is 78.5 cm³/mol. The minimum absolute atomic E-state index is 0.0259. The summed E-state index contributed by atoms with van der Waals surface area (Å²) in [5, 5.41) is 10.8. The van der Waals surface area contributed by atoms with E-state index in [0.717, 1.165) is 25.2 Å². The predicted octanol–water partition coefficient (Wildman–Crippen LogP) is 1.74. The molecule has 1 saturated carbocycles. The minimum Gasteiger partial charge on any atom is -0.393 e. The topological polar surface area (TPSA) is 98.4 Å². The lowest BCUT2D eigenvalue weighted by molar-refractivity contribution is -0.383. The number of hydrogen-bond donors (Lipinski definition) is 2. The number of benzene rings is 1. The maximum Gasteiger partial charge on any atom is 0.292 e. The van der Waals surface area contributed by atoms with E-state index >= 15 is 0 Å². The van der Waals surface area contributed by atoms with Gasteiger partial charge >= 0.3 is 0 Å². The Morgan fingerprint density at radius 3 is 2.75 bits per heavy atom. The van der Waals surface area contributed by atoms with Gasteiger partial charge in [-0.3, -0.25) is 10.1 Å². The molecule has 6 nitrogen and oxygen atoms in total. The van der Waals surface area contributed by atoms with Crippen LogP contribution in [0, 0.1) is 22.0 Å². The minimum atomic E-state index is -0.446. The van der Waals surface area contributed by atoms with Crippen molar-refractivity contribution in [3.05, 3.63) is 28.3 Å². The zero-order chi connectivity index (χ0) is 14.3. The largest absolute Gasteiger partial charge is 0.393 e. The molecule has 2 fully saturated rings. The van der Waals surface area contributed by atoms with E-state index in [1.54, 1.807) is 12.1 Å². The van der Waals surface area contributed by atoms with Crippen molar-refractivity contribution in [2.45, 2.75) is 25.3 Å². The zero-order valence-electron chi connectivity index (χ0n) is 11.4. The molecule has 1 aromatic rings. The van der Waals surface area contributed by atoms with E-state index in [1.807, 2.05) is 0 Å². The highest BCUT2D eigenvalue weighted by atomic mass is 16.6. The first-order valence-corrected chi connectivity index (χ1v) is 7.10. The van der Waals surface area contributed by atoms with Gasteiger partial charge in [-0.2, -0.15) is 0 Å². The van der Waals surface area contributed by atoms with Crippen molar-refractivity contribution in [2.24, 2.45) is 17.6 Å². The molecule has 1 aliphatic carbocycles. The Labute approximate surface area is 117 Å². The molecule has 4 N–H and O–H groups in total. The molecule has 0 aromatic heterocycles. The molecule has 20 heavy (non-hydrogen) atoms. The summed E-state index contributed by atoms with van der Waals surface area (Å²) < 4.78 is 0. The lowest BCUT2D eigenvalue weighted by Crippen LogP contribution is -2.38. The van der Waals surface area contributed by atoms with Crippen molar-refractivity contribution >= 4 is 17.1 Å². The molecule has 0 amide bonds. The lowest BCUT2D eigenvalue weighted by Gasteiger charge is -2.29. The Kier molecular flexibility index (Phi) is 3.25. The Bertz CT molecular complexity index is 534. The van der Waals surface area contributed by atoms with Gasteiger partial charge in [-0.15, -0.1) is 0 Å². The average Bonchev–Trinajstić information content (AvgIpc) is 2.83. The van der Waals surface area contributed by atoms with Crippen molar-refractivity contribution in [3.63, 3.8) is 0 Å². The third-order valence-electron chi connectivity index (χ3n) is 4.73. The van der Waals surface area contributed by atoms with Gasteiger partial charge in [-0.1, -0.05) is 6.42 Å². The van der Waals surface area contributed by atoms with Gasteiger partial charge in [0.25, 0.3) is 5.69 Å². The second-order valence-electron chi connectivity index (χ2n) is 5.92. The van der Waals surface area contributed by atoms with Gasteiger partial charge in [0.1, 0.15) is 5.69 Å². The fraction of sp³-hybridized carbons (Fsp3) is 0.571. The molecular formula is C14H20N4O2. The van der Waals surface area contributed by atoms with Crippen LogP contribution in [0.3, 0.4) is 0 Å². The number of anilines is 2. The van der Waals surface area contributed by atoms with E-state index in [9.17, 15) is 10.1 Å². The maximum atomic E-state index is 10.8. The van der Waals surface area contributed by atoms with E-state index < -0.39 is 4.92 Å². The number of nitro groups is 1. The third kappa shape index (κ3) is 2.20. The van der Waals surface area contributed by atoms with Gasteiger partial charge in [0.15, 0.2) is 0 Å². The van der Waals surface area contributed by atoms with Gasteiger partial charge in [0.05, 0.1) is 4.92 Å². The molecule has 3 unspecified atom stereocenters. The number of fused-ring (bicyclic) bond motifs is 1. The summed E-state index contributed by atoms with van der Waals surface area (Å²) in [4.78, 5) is 12.6. The first kappa shape index (κ1) is 13.2. The zero-order valence-corrected chi connectivity index (χ0v) is 11.4. The number of nitrogens with zero attached hydrogens (tertiary/aromatic N) is 2. The standard InChI is InChI=1S/C14H20N4O2/c15-12-3-1-2-9-7-17(8-11(9)12)10-4-5-14(18(19)20)13(16)6-10/h4-6,9,11-12H,1-3,7-8,15-16H2. The summed E-state index contributed by atoms with van der Waals surface area (Å²) in [7, 11) is 0. The van der Waals surface area contributed by atoms with Crippen LogP contribution in [0.5, 0.6) is 0 Å². The summed E-state index contributed by atoms with van der Waals surface area (Å²) in [5.74, 6) is 1.19. The summed E-state index contributed by atoms with van der Waals surface area (Å²) in [6.07, 6.45) is 3.55. The number of nitrogen functional groups attached to an aromatic ring is 1. The molecule has 1 aromatic carbocycles. The number of rotatable bonds is 2. The van der Waals surface area contributed by atoms with Gasteiger partial charge in [0, 0.05) is 30.9 Å². The van der Waals surface area contributed by atoms with Crippen molar-refractivity contribution in [1.82, 2.24) is 0 Å². The van der Waals surface area contributed by atoms with Gasteiger partial charge in [-0.25, -0.2) is 0 Å². The molecular weight excluding hydrogens is 256 g/mol. The highest BCUT2D eigenvalue weighted by Gasteiger charge is 2.38. The van der Waals surface area contributed by atoms with E-state index in [4.69, 9.17) is 11.5 Å². The van der Waals surface area contributed by atoms with E-state index in [-0.39, 0.29) is 17.4 Å². The summed E-state index contributed by atoms with van der Waals surface area (Å²) in [6, 6.07) is 5.28. The number of hydrogen-bond acceptors (Lipinski definition) is 5. The van der Waals surface area contributed by atoms with Crippen LogP contribution >= 0.6 is 0 Å². The molecule has 3 rings (SSSR count). The molecule has 1 aliphatic heterocycles. The molecule has 3 atom stereocenters. The monoisotopic (exact) mass is 276 g/mol. The Morgan fingerprint density at radius 2 is 2.10 bits per heavy atom. The fourth-order valence-electron chi connectivity index (χ4n) is 3.63. The average molecular weight is 276 g/mol. The molecule has 0 bridgehead atoms. The Morgan fingerprint density at radius 1 is 1.30 bits per heavy atom. The first-order valence-electron chi connectivity index (χ1n) is 7.10. The summed E-state index contributed by atoms with van der Waals surface area (Å²) in [6.45, 7) is 1.92. The first-order chi connectivity index (χ1) is 9.56. The van der Waals surface area contributed by atoms with Crippen molar-refractivity contribution in [1.29, 1.82) is 0 Å². The van der Waals surface area contributed by atoms with Gasteiger partial charge < -0.3 is 16.4 Å². The summed E-state index contributed by atoms with van der Waals surface area (Å²) in [5.41, 5.74) is 13.2. The second kappa shape index (κ2) is 4.94. The van der Waals surface area contributed by atoms with Crippen molar-refractivity contribution in [3.8, 4) is 0 Å². The smallest absolute Gasteiger partial charge is 0.292 e. The van der Waals surface area contributed by atoms with E-state index in [2.05, 4.69) is 4.90 Å². The van der Waals surface area contributed by atoms with Gasteiger partial charge in [0.2, 0.25) is 0 Å². The molecule has 108 valence electrons. The van der Waals surface area contributed by atoms with E-state index in [1.165, 1.54) is 18.9 Å². The molecule has 2 aliphatic rings. The molecule has 1 saturated heterocycles. The molecule has 6 heteroatoms. The quantitative estimate of drug-likeness (QED) is 0.487. The van der Waals surface area contributed by atoms with Crippen LogP contribution in [0.25, 0.3) is 0 Å². The van der Waals surface area contributed by atoms with Crippen LogP contribution in [-0.4, -0.2) is 24.1 Å². The van der Waals surface area contributed by atoms with Crippen LogP contribution in [-0.2, 0) is 0 Å². The Hall–Kier alpha value is -1.82.